The Balaban J connectivity index is 2.11. The minimum absolute atomic E-state index is 0.0405. The van der Waals surface area contributed by atoms with Crippen LogP contribution >= 0.6 is 0 Å². The molecule has 1 radical (unpaired) electrons. The van der Waals surface area contributed by atoms with Gasteiger partial charge in [-0.2, -0.15) is 0 Å². The zero-order valence-electron chi connectivity index (χ0n) is 4.93. The molecule has 2 aliphatic rings. The van der Waals surface area contributed by atoms with E-state index in [1.165, 1.54) is 19.3 Å². The Kier molecular flexibility index (Phi) is 0.884. The van der Waals surface area contributed by atoms with Crippen molar-refractivity contribution in [2.75, 3.05) is 0 Å². The molecule has 8 heavy (non-hydrogen) atoms. The summed E-state index contributed by atoms with van der Waals surface area (Å²) in [6.45, 7) is 0. The van der Waals surface area contributed by atoms with E-state index in [2.05, 4.69) is 0 Å². The standard InChI is InChI=1S/C7H11O/c8-7-4-5-1-2-6(7)3-5/h6-8H,1-4H2. The fourth-order valence-corrected chi connectivity index (χ4v) is 1.94. The van der Waals surface area contributed by atoms with Crippen molar-refractivity contribution in [1.29, 1.82) is 0 Å². The molecule has 0 aliphatic heterocycles. The molecule has 0 amide bonds. The van der Waals surface area contributed by atoms with Gasteiger partial charge >= 0.3 is 0 Å². The monoisotopic (exact) mass is 111 g/mol. The van der Waals surface area contributed by atoms with Crippen LogP contribution in [0.15, 0.2) is 0 Å². The van der Waals surface area contributed by atoms with Gasteiger partial charge in [0.25, 0.3) is 0 Å². The topological polar surface area (TPSA) is 20.2 Å². The normalized spacial score (nSPS) is 46.1. The van der Waals surface area contributed by atoms with Crippen LogP contribution in [0.1, 0.15) is 25.7 Å². The van der Waals surface area contributed by atoms with Gasteiger partial charge in [-0.15, -0.1) is 0 Å². The minimum atomic E-state index is 0.0405. The van der Waals surface area contributed by atoms with Crippen LogP contribution in [0.5, 0.6) is 0 Å². The van der Waals surface area contributed by atoms with E-state index in [-0.39, 0.29) is 6.10 Å². The van der Waals surface area contributed by atoms with Crippen LogP contribution < -0.4 is 0 Å². The molecule has 1 heteroatoms. The van der Waals surface area contributed by atoms with Crippen molar-refractivity contribution in [2.45, 2.75) is 31.8 Å². The van der Waals surface area contributed by atoms with E-state index < -0.39 is 0 Å². The van der Waals surface area contributed by atoms with E-state index in [1.807, 2.05) is 0 Å². The molecular weight excluding hydrogens is 100 g/mol. The van der Waals surface area contributed by atoms with Gasteiger partial charge in [0, 0.05) is 0 Å². The summed E-state index contributed by atoms with van der Waals surface area (Å²) in [4.78, 5) is 0. The van der Waals surface area contributed by atoms with Gasteiger partial charge < -0.3 is 5.11 Å². The molecule has 2 bridgehead atoms. The highest BCUT2D eigenvalue weighted by Crippen LogP contribution is 2.45. The van der Waals surface area contributed by atoms with Crippen LogP contribution in [-0.4, -0.2) is 11.2 Å². The molecule has 2 fully saturated rings. The summed E-state index contributed by atoms with van der Waals surface area (Å²) in [7, 11) is 0. The molecule has 0 aromatic carbocycles. The smallest absolute Gasteiger partial charge is 0.0574 e. The van der Waals surface area contributed by atoms with Crippen molar-refractivity contribution in [3.05, 3.63) is 5.92 Å². The summed E-state index contributed by atoms with van der Waals surface area (Å²) in [5, 5.41) is 9.20. The molecule has 2 rings (SSSR count). The second-order valence-corrected chi connectivity index (χ2v) is 3.02. The van der Waals surface area contributed by atoms with Crippen molar-refractivity contribution in [3.63, 3.8) is 0 Å². The lowest BCUT2D eigenvalue weighted by Gasteiger charge is -2.14. The lowest BCUT2D eigenvalue weighted by atomic mass is 9.98. The highest BCUT2D eigenvalue weighted by Gasteiger charge is 2.38. The molecule has 0 saturated heterocycles. The average molecular weight is 111 g/mol. The first-order valence-corrected chi connectivity index (χ1v) is 3.38. The molecule has 1 N–H and O–H groups in total. The molecule has 1 nitrogen and oxygen atoms in total. The van der Waals surface area contributed by atoms with Crippen molar-refractivity contribution in [2.24, 2.45) is 5.92 Å². The van der Waals surface area contributed by atoms with E-state index in [0.29, 0.717) is 5.92 Å². The third-order valence-corrected chi connectivity index (χ3v) is 2.46. The maximum absolute atomic E-state index is 9.20. The Morgan fingerprint density at radius 1 is 1.38 bits per heavy atom. The maximum atomic E-state index is 9.20. The maximum Gasteiger partial charge on any atom is 0.0574 e. The Bertz CT molecular complexity index is 98.6. The number of aliphatic hydroxyl groups excluding tert-OH is 1. The van der Waals surface area contributed by atoms with Crippen LogP contribution in [-0.2, 0) is 0 Å². The van der Waals surface area contributed by atoms with Gasteiger partial charge in [-0.05, 0) is 37.5 Å². The summed E-state index contributed by atoms with van der Waals surface area (Å²) in [6, 6.07) is 0. The Labute approximate surface area is 49.7 Å². The molecule has 0 aromatic rings. The predicted molar refractivity (Wildman–Crippen MR) is 31.2 cm³/mol. The number of rotatable bonds is 0. The van der Waals surface area contributed by atoms with E-state index in [9.17, 15) is 5.11 Å². The van der Waals surface area contributed by atoms with Gasteiger partial charge in [0.2, 0.25) is 0 Å². The Hall–Kier alpha value is -0.0400. The van der Waals surface area contributed by atoms with Gasteiger partial charge in [-0.1, -0.05) is 0 Å². The fraction of sp³-hybridized carbons (Fsp3) is 0.857. The molecular formula is C7H11O. The molecule has 2 aliphatic carbocycles. The minimum Gasteiger partial charge on any atom is -0.393 e. The van der Waals surface area contributed by atoms with E-state index in [4.69, 9.17) is 0 Å². The van der Waals surface area contributed by atoms with Crippen molar-refractivity contribution in [3.8, 4) is 0 Å². The Morgan fingerprint density at radius 3 is 2.50 bits per heavy atom. The van der Waals surface area contributed by atoms with E-state index >= 15 is 0 Å². The predicted octanol–water partition coefficient (Wildman–Crippen LogP) is 1.13. The van der Waals surface area contributed by atoms with Crippen LogP contribution in [0.4, 0.5) is 0 Å². The van der Waals surface area contributed by atoms with Gasteiger partial charge in [0.15, 0.2) is 0 Å². The molecule has 2 atom stereocenters. The summed E-state index contributed by atoms with van der Waals surface area (Å²) in [5.74, 6) is 2.27. The lowest BCUT2D eigenvalue weighted by molar-refractivity contribution is 0.122. The molecule has 2 unspecified atom stereocenters. The summed E-state index contributed by atoms with van der Waals surface area (Å²) in [6.07, 6.45) is 4.86. The number of aliphatic hydroxyl groups is 1. The molecule has 0 heterocycles. The van der Waals surface area contributed by atoms with Crippen LogP contribution in [0.2, 0.25) is 0 Å². The van der Waals surface area contributed by atoms with Crippen LogP contribution in [0, 0.1) is 11.8 Å². The second-order valence-electron chi connectivity index (χ2n) is 3.02. The lowest BCUT2D eigenvalue weighted by Crippen LogP contribution is -2.14. The average Bonchev–Trinajstić information content (AvgIpc) is 2.23. The zero-order valence-corrected chi connectivity index (χ0v) is 4.93. The third kappa shape index (κ3) is 0.510. The summed E-state index contributed by atoms with van der Waals surface area (Å²) in [5.41, 5.74) is 0. The van der Waals surface area contributed by atoms with Gasteiger partial charge in [-0.25, -0.2) is 0 Å². The summed E-state index contributed by atoms with van der Waals surface area (Å²) >= 11 is 0. The Morgan fingerprint density at radius 2 is 2.25 bits per heavy atom. The molecule has 0 spiro atoms. The zero-order chi connectivity index (χ0) is 5.56. The second kappa shape index (κ2) is 1.47. The first-order valence-electron chi connectivity index (χ1n) is 3.38. The highest BCUT2D eigenvalue weighted by atomic mass is 16.3. The van der Waals surface area contributed by atoms with Gasteiger partial charge in [0.05, 0.1) is 6.10 Å². The summed E-state index contributed by atoms with van der Waals surface area (Å²) < 4.78 is 0. The van der Waals surface area contributed by atoms with Crippen LogP contribution in [0.25, 0.3) is 0 Å². The first-order chi connectivity index (χ1) is 3.86. The highest BCUT2D eigenvalue weighted by molar-refractivity contribution is 5.08. The van der Waals surface area contributed by atoms with E-state index in [0.717, 1.165) is 6.42 Å². The van der Waals surface area contributed by atoms with E-state index in [1.54, 1.807) is 5.92 Å². The van der Waals surface area contributed by atoms with Gasteiger partial charge in [-0.3, -0.25) is 0 Å². The fourth-order valence-electron chi connectivity index (χ4n) is 1.94. The number of hydrogen-bond acceptors (Lipinski definition) is 1. The van der Waals surface area contributed by atoms with Crippen molar-refractivity contribution >= 4 is 0 Å². The van der Waals surface area contributed by atoms with Crippen molar-refractivity contribution in [1.82, 2.24) is 0 Å². The SMILES string of the molecule is OC1C[C]2CCC1C2. The largest absolute Gasteiger partial charge is 0.393 e. The van der Waals surface area contributed by atoms with Crippen molar-refractivity contribution < 1.29 is 5.11 Å². The number of hydrogen-bond donors (Lipinski definition) is 1. The third-order valence-electron chi connectivity index (χ3n) is 2.46. The first kappa shape index (κ1) is 4.80. The molecule has 0 aromatic heterocycles. The van der Waals surface area contributed by atoms with Gasteiger partial charge in [0.1, 0.15) is 0 Å². The number of fused-ring (bicyclic) bond motifs is 2. The molecule has 45 valence electrons. The quantitative estimate of drug-likeness (QED) is 0.496. The molecule has 2 saturated carbocycles. The van der Waals surface area contributed by atoms with Crippen LogP contribution in [0.3, 0.4) is 0 Å².